The van der Waals surface area contributed by atoms with E-state index < -0.39 is 29.5 Å². The number of likely N-dealkylation sites (N-methyl/N-ethyl adjacent to an activating group) is 1. The lowest BCUT2D eigenvalue weighted by atomic mass is 9.98. The van der Waals surface area contributed by atoms with Crippen LogP contribution in [0.2, 0.25) is 0 Å². The van der Waals surface area contributed by atoms with Crippen LogP contribution in [0.15, 0.2) is 36.4 Å². The highest BCUT2D eigenvalue weighted by atomic mass is 16.3. The molecule has 1 atom stereocenters. The summed E-state index contributed by atoms with van der Waals surface area (Å²) in [5.41, 5.74) is 4.53. The zero-order valence-electron chi connectivity index (χ0n) is 30.3. The molecular formula is C39H56N6O5. The molecule has 1 unspecified atom stereocenters. The van der Waals surface area contributed by atoms with Gasteiger partial charge in [0, 0.05) is 18.9 Å². The minimum absolute atomic E-state index is 0.0107. The summed E-state index contributed by atoms with van der Waals surface area (Å²) in [6.45, 7) is 5.75. The third-order valence-electron chi connectivity index (χ3n) is 9.62. The van der Waals surface area contributed by atoms with Crippen molar-refractivity contribution in [3.63, 3.8) is 0 Å². The zero-order chi connectivity index (χ0) is 35.9. The number of hydrazine groups is 1. The Bertz CT molecular complexity index is 1550. The lowest BCUT2D eigenvalue weighted by Crippen LogP contribution is -2.52. The Morgan fingerprint density at radius 1 is 0.820 bits per heavy atom. The van der Waals surface area contributed by atoms with Gasteiger partial charge < -0.3 is 10.0 Å². The molecule has 11 heteroatoms. The number of fused-ring (bicyclic) bond motifs is 1. The molecule has 2 N–H and O–H groups in total. The number of hydrogen-bond acceptors (Lipinski definition) is 7. The van der Waals surface area contributed by atoms with Gasteiger partial charge in [0.2, 0.25) is 5.91 Å². The Labute approximate surface area is 296 Å². The van der Waals surface area contributed by atoms with E-state index in [-0.39, 0.29) is 30.1 Å². The molecular weight excluding hydrogens is 632 g/mol. The highest BCUT2D eigenvalue weighted by Gasteiger charge is 2.40. The zero-order valence-corrected chi connectivity index (χ0v) is 30.3. The van der Waals surface area contributed by atoms with Crippen LogP contribution in [0.3, 0.4) is 0 Å². The molecule has 0 spiro atoms. The van der Waals surface area contributed by atoms with Crippen LogP contribution in [0.5, 0.6) is 5.75 Å². The molecule has 0 aliphatic carbocycles. The first-order chi connectivity index (χ1) is 24.2. The Kier molecular flexibility index (Phi) is 15.2. The predicted molar refractivity (Wildman–Crippen MR) is 196 cm³/mol. The average molecular weight is 689 g/mol. The van der Waals surface area contributed by atoms with Crippen LogP contribution >= 0.6 is 0 Å². The van der Waals surface area contributed by atoms with Crippen molar-refractivity contribution in [2.45, 2.75) is 136 Å². The van der Waals surface area contributed by atoms with Crippen molar-refractivity contribution in [3.05, 3.63) is 42.0 Å². The van der Waals surface area contributed by atoms with Gasteiger partial charge in [-0.15, -0.1) is 15.0 Å². The largest absolute Gasteiger partial charge is 0.504 e. The van der Waals surface area contributed by atoms with Gasteiger partial charge in [0.25, 0.3) is 5.91 Å². The highest BCUT2D eigenvalue weighted by molar-refractivity contribution is 6.41. The second-order valence-electron chi connectivity index (χ2n) is 13.7. The van der Waals surface area contributed by atoms with Crippen LogP contribution in [-0.4, -0.2) is 55.3 Å². The Morgan fingerprint density at radius 3 is 1.86 bits per heavy atom. The van der Waals surface area contributed by atoms with Crippen LogP contribution in [-0.2, 0) is 19.2 Å². The first kappa shape index (κ1) is 38.5. The maximum absolute atomic E-state index is 13.4. The van der Waals surface area contributed by atoms with E-state index in [1.165, 1.54) is 88.3 Å². The SMILES string of the molecule is CCCCCCCCCCCCCCCCCCC1CC(=O)N(NC(=O)C(=O)N(CC)c2cc(C)cc(-n3nc4ccccc4n3)c2O)C1=O. The predicted octanol–water partition coefficient (Wildman–Crippen LogP) is 7.85. The quantitative estimate of drug-likeness (QED) is 0.0661. The fourth-order valence-corrected chi connectivity index (χ4v) is 6.74. The lowest BCUT2D eigenvalue weighted by Gasteiger charge is -2.24. The van der Waals surface area contributed by atoms with Crippen molar-refractivity contribution in [2.24, 2.45) is 5.92 Å². The molecule has 2 heterocycles. The molecule has 4 rings (SSSR count). The van der Waals surface area contributed by atoms with Gasteiger partial charge in [0.1, 0.15) is 16.7 Å². The van der Waals surface area contributed by atoms with E-state index in [2.05, 4.69) is 22.5 Å². The second-order valence-corrected chi connectivity index (χ2v) is 13.7. The molecule has 0 radical (unpaired) electrons. The van der Waals surface area contributed by atoms with Crippen LogP contribution in [0, 0.1) is 12.8 Å². The van der Waals surface area contributed by atoms with Crippen LogP contribution < -0.4 is 10.3 Å². The number of rotatable bonds is 21. The number of nitrogens with one attached hydrogen (secondary N) is 1. The molecule has 1 aliphatic heterocycles. The topological polar surface area (TPSA) is 138 Å². The van der Waals surface area contributed by atoms with Crippen LogP contribution in [0.1, 0.15) is 135 Å². The number of unbranched alkanes of at least 4 members (excludes halogenated alkanes) is 15. The molecule has 50 heavy (non-hydrogen) atoms. The number of aryl methyl sites for hydroxylation is 1. The summed E-state index contributed by atoms with van der Waals surface area (Å²) < 4.78 is 0. The number of carbonyl (C=O) groups is 4. The molecule has 2 aromatic carbocycles. The van der Waals surface area contributed by atoms with Crippen molar-refractivity contribution >= 4 is 40.3 Å². The summed E-state index contributed by atoms with van der Waals surface area (Å²) in [5, 5.41) is 20.8. The summed E-state index contributed by atoms with van der Waals surface area (Å²) in [7, 11) is 0. The fourth-order valence-electron chi connectivity index (χ4n) is 6.74. The molecule has 11 nitrogen and oxygen atoms in total. The number of benzene rings is 2. The van der Waals surface area contributed by atoms with Gasteiger partial charge in [-0.25, -0.2) is 5.43 Å². The number of hydrogen-bond donors (Lipinski definition) is 2. The molecule has 1 aliphatic rings. The Balaban J connectivity index is 1.18. The smallest absolute Gasteiger partial charge is 0.328 e. The molecule has 1 fully saturated rings. The molecule has 272 valence electrons. The molecule has 3 aromatic rings. The average Bonchev–Trinajstić information content (AvgIpc) is 3.66. The van der Waals surface area contributed by atoms with E-state index in [0.29, 0.717) is 28.0 Å². The summed E-state index contributed by atoms with van der Waals surface area (Å²) in [6.07, 6.45) is 20.8. The minimum atomic E-state index is -1.14. The van der Waals surface area contributed by atoms with E-state index in [9.17, 15) is 24.3 Å². The first-order valence-electron chi connectivity index (χ1n) is 18.9. The summed E-state index contributed by atoms with van der Waals surface area (Å²) in [6, 6.07) is 10.5. The third-order valence-corrected chi connectivity index (χ3v) is 9.62. The molecule has 4 amide bonds. The summed E-state index contributed by atoms with van der Waals surface area (Å²) in [4.78, 5) is 54.6. The fraction of sp³-hybridized carbons (Fsp3) is 0.590. The van der Waals surface area contributed by atoms with E-state index in [0.717, 1.165) is 24.2 Å². The number of carbonyl (C=O) groups excluding carboxylic acids is 4. The summed E-state index contributed by atoms with van der Waals surface area (Å²) >= 11 is 0. The van der Waals surface area contributed by atoms with Crippen molar-refractivity contribution in [3.8, 4) is 11.4 Å². The number of aromatic hydroxyl groups is 1. The molecule has 0 saturated carbocycles. The molecule has 0 bridgehead atoms. The van der Waals surface area contributed by atoms with Gasteiger partial charge in [-0.3, -0.25) is 19.2 Å². The third kappa shape index (κ3) is 10.6. The van der Waals surface area contributed by atoms with Gasteiger partial charge in [-0.1, -0.05) is 122 Å². The van der Waals surface area contributed by atoms with Crippen molar-refractivity contribution in [1.29, 1.82) is 0 Å². The summed E-state index contributed by atoms with van der Waals surface area (Å²) in [5.74, 6) is -3.96. The normalized spacial score (nSPS) is 14.5. The van der Waals surface area contributed by atoms with Crippen molar-refractivity contribution < 1.29 is 24.3 Å². The number of phenols is 1. The van der Waals surface area contributed by atoms with Gasteiger partial charge >= 0.3 is 11.8 Å². The van der Waals surface area contributed by atoms with E-state index in [4.69, 9.17) is 0 Å². The van der Waals surface area contributed by atoms with E-state index in [1.54, 1.807) is 38.1 Å². The maximum atomic E-state index is 13.4. The van der Waals surface area contributed by atoms with Gasteiger partial charge in [0.05, 0.1) is 5.69 Å². The number of phenolic OH excluding ortho intramolecular Hbond substituents is 1. The number of imide groups is 1. The number of anilines is 1. The van der Waals surface area contributed by atoms with E-state index in [1.807, 2.05) is 12.1 Å². The van der Waals surface area contributed by atoms with Crippen molar-refractivity contribution in [2.75, 3.05) is 11.4 Å². The highest BCUT2D eigenvalue weighted by Crippen LogP contribution is 2.35. The Hall–Kier alpha value is -4.28. The molecule has 1 aromatic heterocycles. The van der Waals surface area contributed by atoms with Crippen LogP contribution in [0.4, 0.5) is 5.69 Å². The monoisotopic (exact) mass is 688 g/mol. The number of aromatic nitrogens is 3. The van der Waals surface area contributed by atoms with Gasteiger partial charge in [-0.2, -0.15) is 5.01 Å². The van der Waals surface area contributed by atoms with Crippen molar-refractivity contribution in [1.82, 2.24) is 25.4 Å². The minimum Gasteiger partial charge on any atom is -0.504 e. The Morgan fingerprint density at radius 2 is 1.34 bits per heavy atom. The standard InChI is InChI=1S/C39H56N6O5/c1-4-6-7-8-9-10-11-12-13-14-15-16-17-18-19-20-23-30-28-35(46)44(38(30)49)42-37(48)39(50)43(5-2)33-26-29(3)27-34(36(33)47)45-40-31-24-21-22-25-32(31)41-45/h21-22,24-27,30,47H,4-20,23,28H2,1-3H3,(H,42,48). The van der Waals surface area contributed by atoms with Crippen LogP contribution in [0.25, 0.3) is 16.7 Å². The number of amides is 4. The van der Waals surface area contributed by atoms with Gasteiger partial charge in [-0.05, 0) is 50.1 Å². The second kappa shape index (κ2) is 19.8. The lowest BCUT2D eigenvalue weighted by molar-refractivity contribution is -0.151. The molecule has 1 saturated heterocycles. The van der Waals surface area contributed by atoms with Gasteiger partial charge in [0.15, 0.2) is 5.75 Å². The van der Waals surface area contributed by atoms with E-state index >= 15 is 0 Å². The maximum Gasteiger partial charge on any atom is 0.328 e. The number of nitrogens with zero attached hydrogens (tertiary/aromatic N) is 5. The first-order valence-corrected chi connectivity index (χ1v) is 18.9.